The smallest absolute Gasteiger partial charge is 0.213 e. The van der Waals surface area contributed by atoms with Gasteiger partial charge in [-0.1, -0.05) is 44.2 Å². The van der Waals surface area contributed by atoms with E-state index in [9.17, 15) is 4.79 Å². The fourth-order valence-corrected chi connectivity index (χ4v) is 3.12. The van der Waals surface area contributed by atoms with Crippen LogP contribution in [0.4, 0.5) is 0 Å². The molecule has 0 N–H and O–H groups in total. The molecule has 22 heavy (non-hydrogen) atoms. The van der Waals surface area contributed by atoms with Crippen LogP contribution in [-0.4, -0.2) is 28.0 Å². The Morgan fingerprint density at radius 2 is 2.09 bits per heavy atom. The van der Waals surface area contributed by atoms with Crippen LogP contribution in [0, 0.1) is 0 Å². The minimum atomic E-state index is -0.0678. The molecular formula is C16H17N3O2S. The summed E-state index contributed by atoms with van der Waals surface area (Å²) < 4.78 is 6.87. The predicted octanol–water partition coefficient (Wildman–Crippen LogP) is 3.58. The maximum absolute atomic E-state index is 11.6. The number of methoxy groups -OCH3 is 1. The van der Waals surface area contributed by atoms with Gasteiger partial charge in [0, 0.05) is 11.0 Å². The van der Waals surface area contributed by atoms with Crippen molar-refractivity contribution in [3.63, 3.8) is 0 Å². The lowest BCUT2D eigenvalue weighted by Gasteiger charge is -2.12. The molecule has 3 aromatic rings. The van der Waals surface area contributed by atoms with Crippen LogP contribution in [0.2, 0.25) is 0 Å². The SMILES string of the molecule is COc1cccc(-c2nc3sc(C(C)(C)C)nn3c2C=O)c1. The molecule has 2 aromatic heterocycles. The van der Waals surface area contributed by atoms with Gasteiger partial charge in [-0.3, -0.25) is 4.79 Å². The predicted molar refractivity (Wildman–Crippen MR) is 86.9 cm³/mol. The molecular weight excluding hydrogens is 298 g/mol. The Morgan fingerprint density at radius 1 is 1.32 bits per heavy atom. The van der Waals surface area contributed by atoms with Crippen LogP contribution in [0.3, 0.4) is 0 Å². The summed E-state index contributed by atoms with van der Waals surface area (Å²) >= 11 is 1.51. The van der Waals surface area contributed by atoms with E-state index >= 15 is 0 Å². The summed E-state index contributed by atoms with van der Waals surface area (Å²) in [6.07, 6.45) is 0.807. The summed E-state index contributed by atoms with van der Waals surface area (Å²) in [7, 11) is 1.61. The lowest BCUT2D eigenvalue weighted by atomic mass is 9.98. The zero-order chi connectivity index (χ0) is 15.9. The second-order valence-corrected chi connectivity index (χ2v) is 7.00. The summed E-state index contributed by atoms with van der Waals surface area (Å²) in [5, 5.41) is 5.51. The lowest BCUT2D eigenvalue weighted by Crippen LogP contribution is -2.11. The zero-order valence-electron chi connectivity index (χ0n) is 13.0. The standard InChI is InChI=1S/C16H17N3O2S/c1-16(2,3)14-18-19-12(9-20)13(17-15(19)22-14)10-6-5-7-11(8-10)21-4/h5-9H,1-4H3. The first kappa shape index (κ1) is 14.7. The molecule has 0 atom stereocenters. The van der Waals surface area contributed by atoms with Crippen molar-refractivity contribution < 1.29 is 9.53 Å². The van der Waals surface area contributed by atoms with Gasteiger partial charge in [-0.2, -0.15) is 9.61 Å². The molecule has 5 nitrogen and oxygen atoms in total. The van der Waals surface area contributed by atoms with E-state index in [2.05, 4.69) is 30.9 Å². The summed E-state index contributed by atoms with van der Waals surface area (Å²) in [6, 6.07) is 7.51. The molecule has 0 saturated carbocycles. The van der Waals surface area contributed by atoms with Gasteiger partial charge in [0.2, 0.25) is 4.96 Å². The Labute approximate surface area is 132 Å². The van der Waals surface area contributed by atoms with Crippen LogP contribution >= 0.6 is 11.3 Å². The molecule has 0 saturated heterocycles. The molecule has 2 heterocycles. The Bertz CT molecular complexity index is 843. The number of rotatable bonds is 3. The van der Waals surface area contributed by atoms with Crippen molar-refractivity contribution in [1.29, 1.82) is 0 Å². The molecule has 0 amide bonds. The van der Waals surface area contributed by atoms with Gasteiger partial charge in [-0.05, 0) is 12.1 Å². The number of aldehydes is 1. The van der Waals surface area contributed by atoms with Crippen molar-refractivity contribution in [1.82, 2.24) is 14.6 Å². The van der Waals surface area contributed by atoms with Crippen molar-refractivity contribution in [3.05, 3.63) is 35.0 Å². The molecule has 0 fully saturated rings. The van der Waals surface area contributed by atoms with Gasteiger partial charge in [-0.25, -0.2) is 4.98 Å². The summed E-state index contributed by atoms with van der Waals surface area (Å²) in [5.41, 5.74) is 1.88. The minimum Gasteiger partial charge on any atom is -0.497 e. The number of hydrogen-bond donors (Lipinski definition) is 0. The Morgan fingerprint density at radius 3 is 2.73 bits per heavy atom. The summed E-state index contributed by atoms with van der Waals surface area (Å²) in [5.74, 6) is 0.731. The van der Waals surface area contributed by atoms with Crippen LogP contribution in [0.25, 0.3) is 16.2 Å². The summed E-state index contributed by atoms with van der Waals surface area (Å²) in [6.45, 7) is 6.28. The number of aromatic nitrogens is 3. The molecule has 114 valence electrons. The highest BCUT2D eigenvalue weighted by Gasteiger charge is 2.23. The van der Waals surface area contributed by atoms with Crippen LogP contribution < -0.4 is 4.74 Å². The van der Waals surface area contributed by atoms with Crippen molar-refractivity contribution in [3.8, 4) is 17.0 Å². The van der Waals surface area contributed by atoms with Crippen molar-refractivity contribution in [2.45, 2.75) is 26.2 Å². The highest BCUT2D eigenvalue weighted by molar-refractivity contribution is 7.16. The maximum atomic E-state index is 11.6. The molecule has 0 unspecified atom stereocenters. The van der Waals surface area contributed by atoms with Crippen molar-refractivity contribution >= 4 is 22.6 Å². The fraction of sp³-hybridized carbons (Fsp3) is 0.312. The van der Waals surface area contributed by atoms with Gasteiger partial charge in [0.05, 0.1) is 7.11 Å². The normalized spacial score (nSPS) is 11.8. The average molecular weight is 315 g/mol. The van der Waals surface area contributed by atoms with Gasteiger partial charge in [0.1, 0.15) is 22.1 Å². The van der Waals surface area contributed by atoms with Gasteiger partial charge < -0.3 is 4.74 Å². The van der Waals surface area contributed by atoms with Crippen LogP contribution in [0.5, 0.6) is 5.75 Å². The first-order valence-corrected chi connectivity index (χ1v) is 7.75. The van der Waals surface area contributed by atoms with Crippen LogP contribution in [0.15, 0.2) is 24.3 Å². The van der Waals surface area contributed by atoms with E-state index in [1.807, 2.05) is 24.3 Å². The Kier molecular flexibility index (Phi) is 3.48. The van der Waals surface area contributed by atoms with Crippen LogP contribution in [-0.2, 0) is 5.41 Å². The van der Waals surface area contributed by atoms with E-state index in [4.69, 9.17) is 4.74 Å². The Balaban J connectivity index is 2.18. The first-order chi connectivity index (χ1) is 10.4. The molecule has 0 bridgehead atoms. The van der Waals surface area contributed by atoms with Crippen molar-refractivity contribution in [2.24, 2.45) is 0 Å². The first-order valence-electron chi connectivity index (χ1n) is 6.93. The largest absolute Gasteiger partial charge is 0.497 e. The van der Waals surface area contributed by atoms with Gasteiger partial charge in [-0.15, -0.1) is 0 Å². The average Bonchev–Trinajstić information content (AvgIpc) is 3.04. The van der Waals surface area contributed by atoms with E-state index < -0.39 is 0 Å². The topological polar surface area (TPSA) is 56.5 Å². The number of carbonyl (C=O) groups excluding carboxylic acids is 1. The number of imidazole rings is 1. The summed E-state index contributed by atoms with van der Waals surface area (Å²) in [4.78, 5) is 16.9. The van der Waals surface area contributed by atoms with E-state index in [1.165, 1.54) is 11.3 Å². The zero-order valence-corrected chi connectivity index (χ0v) is 13.8. The molecule has 0 aliphatic carbocycles. The second kappa shape index (κ2) is 5.21. The fourth-order valence-electron chi connectivity index (χ4n) is 2.16. The van der Waals surface area contributed by atoms with E-state index in [-0.39, 0.29) is 5.41 Å². The Hall–Kier alpha value is -2.21. The highest BCUT2D eigenvalue weighted by atomic mass is 32.1. The lowest BCUT2D eigenvalue weighted by molar-refractivity contribution is 0.111. The quantitative estimate of drug-likeness (QED) is 0.693. The van der Waals surface area contributed by atoms with E-state index in [1.54, 1.807) is 11.6 Å². The number of carbonyl (C=O) groups is 1. The van der Waals surface area contributed by atoms with Gasteiger partial charge in [0.15, 0.2) is 6.29 Å². The van der Waals surface area contributed by atoms with E-state index in [0.717, 1.165) is 27.6 Å². The molecule has 0 spiro atoms. The number of hydrogen-bond acceptors (Lipinski definition) is 5. The molecule has 0 aliphatic heterocycles. The molecule has 0 aliphatic rings. The highest BCUT2D eigenvalue weighted by Crippen LogP contribution is 2.32. The van der Waals surface area contributed by atoms with Gasteiger partial charge >= 0.3 is 0 Å². The maximum Gasteiger partial charge on any atom is 0.213 e. The molecule has 3 rings (SSSR count). The van der Waals surface area contributed by atoms with Crippen LogP contribution in [0.1, 0.15) is 36.3 Å². The molecule has 0 radical (unpaired) electrons. The third-order valence-corrected chi connectivity index (χ3v) is 4.67. The monoisotopic (exact) mass is 315 g/mol. The molecule has 6 heteroatoms. The minimum absolute atomic E-state index is 0.0678. The van der Waals surface area contributed by atoms with Crippen molar-refractivity contribution in [2.75, 3.05) is 7.11 Å². The molecule has 1 aromatic carbocycles. The second-order valence-electron chi connectivity index (χ2n) is 6.05. The number of ether oxygens (including phenoxy) is 1. The van der Waals surface area contributed by atoms with E-state index in [0.29, 0.717) is 11.4 Å². The number of fused-ring (bicyclic) bond motifs is 1. The van der Waals surface area contributed by atoms with Gasteiger partial charge in [0.25, 0.3) is 0 Å². The number of nitrogens with zero attached hydrogens (tertiary/aromatic N) is 3. The third-order valence-electron chi connectivity index (χ3n) is 3.33. The number of benzene rings is 1. The third kappa shape index (κ3) is 2.39.